The molecule has 1 aromatic carbocycles. The molecule has 1 unspecified atom stereocenters. The summed E-state index contributed by atoms with van der Waals surface area (Å²) < 4.78 is 4.99. The third-order valence-electron chi connectivity index (χ3n) is 2.86. The van der Waals surface area contributed by atoms with Crippen molar-refractivity contribution in [3.63, 3.8) is 0 Å². The van der Waals surface area contributed by atoms with Crippen molar-refractivity contribution in [2.45, 2.75) is 10.7 Å². The molecule has 92 valence electrons. The molecule has 1 heterocycles. The van der Waals surface area contributed by atoms with E-state index in [1.165, 1.54) is 5.56 Å². The van der Waals surface area contributed by atoms with Crippen molar-refractivity contribution in [1.82, 2.24) is 0 Å². The van der Waals surface area contributed by atoms with Crippen LogP contribution in [0, 0.1) is 0 Å². The Morgan fingerprint density at radius 3 is 2.88 bits per heavy atom. The average molecular weight is 269 g/mol. The van der Waals surface area contributed by atoms with Gasteiger partial charge >= 0.3 is 0 Å². The van der Waals surface area contributed by atoms with Gasteiger partial charge in [-0.1, -0.05) is 29.4 Å². The molecule has 17 heavy (non-hydrogen) atoms. The van der Waals surface area contributed by atoms with E-state index in [0.29, 0.717) is 5.71 Å². The smallest absolute Gasteiger partial charge is 0.207 e. The molecule has 1 aromatic rings. The van der Waals surface area contributed by atoms with Crippen molar-refractivity contribution in [3.8, 4) is 0 Å². The first-order valence-corrected chi connectivity index (χ1v) is 7.53. The molecule has 1 aliphatic rings. The van der Waals surface area contributed by atoms with Crippen LogP contribution in [0.2, 0.25) is 0 Å². The second-order valence-corrected chi connectivity index (χ2v) is 6.18. The van der Waals surface area contributed by atoms with Crippen molar-refractivity contribution in [2.75, 3.05) is 19.1 Å². The normalized spacial score (nSPS) is 26.6. The number of aryl methyl sites for hydroxylation is 1. The monoisotopic (exact) mass is 269 g/mol. The van der Waals surface area contributed by atoms with Crippen molar-refractivity contribution < 1.29 is 9.94 Å². The Kier molecular flexibility index (Phi) is 4.01. The van der Waals surface area contributed by atoms with Crippen LogP contribution in [-0.2, 0) is 11.2 Å². The lowest BCUT2D eigenvalue weighted by molar-refractivity contribution is 0.191. The van der Waals surface area contributed by atoms with Crippen molar-refractivity contribution >= 4 is 29.2 Å². The maximum Gasteiger partial charge on any atom is 0.207 e. The topological polar surface area (TPSA) is 41.8 Å². The zero-order chi connectivity index (χ0) is 12.3. The predicted molar refractivity (Wildman–Crippen MR) is 74.2 cm³/mol. The lowest BCUT2D eigenvalue weighted by Gasteiger charge is -2.28. The molecule has 0 fully saturated rings. The Balaban J connectivity index is 2.56. The van der Waals surface area contributed by atoms with Crippen LogP contribution in [0.25, 0.3) is 0 Å². The van der Waals surface area contributed by atoms with Crippen LogP contribution in [0.15, 0.2) is 29.4 Å². The number of oxime groups is 1. The molecule has 2 rings (SSSR count). The van der Waals surface area contributed by atoms with E-state index in [-0.39, 0.29) is 0 Å². The molecule has 0 spiro atoms. The molecule has 5 heteroatoms. The fourth-order valence-corrected chi connectivity index (χ4v) is 4.24. The van der Waals surface area contributed by atoms with Gasteiger partial charge in [0.1, 0.15) is 5.71 Å². The predicted octanol–water partition coefficient (Wildman–Crippen LogP) is 2.82. The van der Waals surface area contributed by atoms with Crippen molar-refractivity contribution in [3.05, 3.63) is 35.4 Å². The van der Waals surface area contributed by atoms with Gasteiger partial charge in [-0.25, -0.2) is 0 Å². The number of methoxy groups -OCH3 is 1. The highest BCUT2D eigenvalue weighted by Gasteiger charge is 2.40. The Morgan fingerprint density at radius 2 is 2.24 bits per heavy atom. The second-order valence-electron chi connectivity index (χ2n) is 3.67. The number of thioether (sulfide) groups is 2. The lowest BCUT2D eigenvalue weighted by Crippen LogP contribution is -2.34. The summed E-state index contributed by atoms with van der Waals surface area (Å²) in [5, 5.41) is 12.8. The molecule has 0 bridgehead atoms. The summed E-state index contributed by atoms with van der Waals surface area (Å²) >= 11 is 3.22. The first-order valence-electron chi connectivity index (χ1n) is 5.32. The Hall–Kier alpha value is -0.650. The summed E-state index contributed by atoms with van der Waals surface area (Å²) in [6.45, 7) is 0. The Bertz CT molecular complexity index is 430. The third-order valence-corrected chi connectivity index (χ3v) is 5.76. The number of rotatable bonds is 2. The van der Waals surface area contributed by atoms with E-state index >= 15 is 0 Å². The highest BCUT2D eigenvalue weighted by Crippen LogP contribution is 2.42. The zero-order valence-electron chi connectivity index (χ0n) is 9.84. The lowest BCUT2D eigenvalue weighted by atomic mass is 10.0. The molecule has 1 N–H and O–H groups in total. The van der Waals surface area contributed by atoms with E-state index < -0.39 is 4.27 Å². The molecule has 3 nitrogen and oxygen atoms in total. The van der Waals surface area contributed by atoms with Crippen LogP contribution in [-0.4, -0.2) is 34.3 Å². The molecular formula is C12H15NO2S2. The van der Waals surface area contributed by atoms with Gasteiger partial charge in [-0.2, -0.15) is 0 Å². The highest BCUT2D eigenvalue weighted by molar-refractivity contribution is 8.18. The van der Waals surface area contributed by atoms with E-state index in [4.69, 9.17) is 4.74 Å². The first kappa shape index (κ1) is 12.8. The summed E-state index contributed by atoms with van der Waals surface area (Å²) in [6, 6.07) is 8.03. The van der Waals surface area contributed by atoms with E-state index in [1.807, 2.05) is 24.5 Å². The first-order chi connectivity index (χ1) is 8.27. The summed E-state index contributed by atoms with van der Waals surface area (Å²) in [4.78, 5) is 0. The van der Waals surface area contributed by atoms with Gasteiger partial charge in [-0.3, -0.25) is 0 Å². The second kappa shape index (κ2) is 5.33. The minimum absolute atomic E-state index is 0.602. The van der Waals surface area contributed by atoms with E-state index in [9.17, 15) is 5.21 Å². The summed E-state index contributed by atoms with van der Waals surface area (Å²) in [5.74, 6) is 0.949. The largest absolute Gasteiger partial charge is 0.410 e. The number of hydrogen-bond acceptors (Lipinski definition) is 5. The minimum Gasteiger partial charge on any atom is -0.410 e. The zero-order valence-corrected chi connectivity index (χ0v) is 11.5. The van der Waals surface area contributed by atoms with Gasteiger partial charge in [-0.15, -0.1) is 23.5 Å². The molecule has 0 aromatic heterocycles. The number of ether oxygens (including phenoxy) is 1. The quantitative estimate of drug-likeness (QED) is 0.509. The standard InChI is InChI=1S/C12H15NO2S2/c1-15-12(16-2)11(13-14)10-6-4-3-5-9(10)7-8-17-12/h3-6,14H,7-8H2,1-2H3/b13-11+. The molecule has 0 saturated heterocycles. The highest BCUT2D eigenvalue weighted by atomic mass is 32.2. The molecule has 0 radical (unpaired) electrons. The Labute approximate surface area is 110 Å². The molecular weight excluding hydrogens is 254 g/mol. The number of hydrogen-bond donors (Lipinski definition) is 1. The van der Waals surface area contributed by atoms with Crippen LogP contribution in [0.4, 0.5) is 0 Å². The van der Waals surface area contributed by atoms with Crippen molar-refractivity contribution in [2.24, 2.45) is 5.16 Å². The van der Waals surface area contributed by atoms with Crippen LogP contribution in [0.3, 0.4) is 0 Å². The number of benzene rings is 1. The van der Waals surface area contributed by atoms with Gasteiger partial charge in [0, 0.05) is 18.4 Å². The van der Waals surface area contributed by atoms with Gasteiger partial charge < -0.3 is 9.94 Å². The molecule has 0 aliphatic carbocycles. The van der Waals surface area contributed by atoms with E-state index in [1.54, 1.807) is 30.6 Å². The van der Waals surface area contributed by atoms with E-state index in [2.05, 4.69) is 11.2 Å². The van der Waals surface area contributed by atoms with Gasteiger partial charge in [0.15, 0.2) is 0 Å². The maximum atomic E-state index is 9.34. The summed E-state index contributed by atoms with van der Waals surface area (Å²) in [7, 11) is 1.66. The number of fused-ring (bicyclic) bond motifs is 1. The van der Waals surface area contributed by atoms with Crippen LogP contribution < -0.4 is 0 Å². The number of nitrogens with zero attached hydrogens (tertiary/aromatic N) is 1. The average Bonchev–Trinajstić information content (AvgIpc) is 2.54. The Morgan fingerprint density at radius 1 is 1.47 bits per heavy atom. The molecule has 0 saturated carbocycles. The molecule has 1 aliphatic heterocycles. The van der Waals surface area contributed by atoms with Gasteiger partial charge in [0.2, 0.25) is 4.27 Å². The maximum absolute atomic E-state index is 9.34. The van der Waals surface area contributed by atoms with Crippen LogP contribution in [0.5, 0.6) is 0 Å². The third kappa shape index (κ3) is 2.19. The summed E-state index contributed by atoms with van der Waals surface area (Å²) in [5.41, 5.74) is 2.79. The van der Waals surface area contributed by atoms with Gasteiger partial charge in [0.05, 0.1) is 0 Å². The fraction of sp³-hybridized carbons (Fsp3) is 0.417. The van der Waals surface area contributed by atoms with Gasteiger partial charge in [-0.05, 0) is 18.2 Å². The van der Waals surface area contributed by atoms with Crippen LogP contribution >= 0.6 is 23.5 Å². The van der Waals surface area contributed by atoms with Gasteiger partial charge in [0.25, 0.3) is 0 Å². The minimum atomic E-state index is -0.610. The van der Waals surface area contributed by atoms with E-state index in [0.717, 1.165) is 17.7 Å². The molecule has 1 atom stereocenters. The fourth-order valence-electron chi connectivity index (χ4n) is 2.01. The van der Waals surface area contributed by atoms with Crippen LogP contribution in [0.1, 0.15) is 11.1 Å². The van der Waals surface area contributed by atoms with Crippen molar-refractivity contribution in [1.29, 1.82) is 0 Å². The molecule has 0 amide bonds. The summed E-state index contributed by atoms with van der Waals surface area (Å²) in [6.07, 6.45) is 2.93. The SMILES string of the molecule is COC1(SC)SCCc2ccccc2/C1=N\O.